The molecule has 0 unspecified atom stereocenters. The molecule has 0 saturated heterocycles. The molecular weight excluding hydrogens is 338 g/mol. The van der Waals surface area contributed by atoms with Crippen molar-refractivity contribution in [1.82, 2.24) is 4.98 Å². The third kappa shape index (κ3) is 2.74. The standard InChI is InChI=1S/C15H12BrNO2S/c16-10-4-6-11(7-5-10)20-14-12(15(18)19)8-9-2-1-3-13(9)17-14/h4-8H,1-3H2,(H,18,19). The molecule has 5 heteroatoms. The predicted molar refractivity (Wildman–Crippen MR) is 81.5 cm³/mol. The highest BCUT2D eigenvalue weighted by Gasteiger charge is 2.20. The maximum absolute atomic E-state index is 11.4. The molecule has 0 radical (unpaired) electrons. The lowest BCUT2D eigenvalue weighted by Gasteiger charge is -2.08. The van der Waals surface area contributed by atoms with E-state index in [1.165, 1.54) is 11.8 Å². The molecule has 0 spiro atoms. The number of nitrogens with zero attached hydrogens (tertiary/aromatic N) is 1. The largest absolute Gasteiger partial charge is 0.478 e. The van der Waals surface area contributed by atoms with Crippen LogP contribution in [-0.2, 0) is 12.8 Å². The number of halogens is 1. The number of carboxylic acid groups (broad SMARTS) is 1. The molecule has 0 bridgehead atoms. The smallest absolute Gasteiger partial charge is 0.338 e. The molecule has 3 nitrogen and oxygen atoms in total. The van der Waals surface area contributed by atoms with Gasteiger partial charge in [-0.2, -0.15) is 0 Å². The van der Waals surface area contributed by atoms with Crippen molar-refractivity contribution >= 4 is 33.7 Å². The van der Waals surface area contributed by atoms with E-state index < -0.39 is 5.97 Å². The molecule has 1 aliphatic carbocycles. The number of pyridine rings is 1. The summed E-state index contributed by atoms with van der Waals surface area (Å²) in [5.41, 5.74) is 2.44. The molecule has 20 heavy (non-hydrogen) atoms. The van der Waals surface area contributed by atoms with Crippen LogP contribution in [0.4, 0.5) is 0 Å². The molecule has 0 amide bonds. The van der Waals surface area contributed by atoms with E-state index in [4.69, 9.17) is 0 Å². The Kier molecular flexibility index (Phi) is 3.81. The molecule has 102 valence electrons. The highest BCUT2D eigenvalue weighted by molar-refractivity contribution is 9.10. The minimum Gasteiger partial charge on any atom is -0.478 e. The zero-order valence-electron chi connectivity index (χ0n) is 10.6. The number of rotatable bonds is 3. The van der Waals surface area contributed by atoms with Gasteiger partial charge in [-0.05, 0) is 55.2 Å². The summed E-state index contributed by atoms with van der Waals surface area (Å²) in [5, 5.41) is 9.94. The maximum Gasteiger partial charge on any atom is 0.338 e. The first-order valence-electron chi connectivity index (χ1n) is 6.33. The summed E-state index contributed by atoms with van der Waals surface area (Å²) in [7, 11) is 0. The van der Waals surface area contributed by atoms with Gasteiger partial charge in [-0.3, -0.25) is 0 Å². The van der Waals surface area contributed by atoms with Gasteiger partial charge in [-0.25, -0.2) is 9.78 Å². The molecule has 1 aromatic heterocycles. The van der Waals surface area contributed by atoms with Crippen LogP contribution in [0.2, 0.25) is 0 Å². The number of aryl methyl sites for hydroxylation is 2. The van der Waals surface area contributed by atoms with E-state index >= 15 is 0 Å². The molecule has 2 aromatic rings. The SMILES string of the molecule is O=C(O)c1cc2c(nc1Sc1ccc(Br)cc1)CCC2. The van der Waals surface area contributed by atoms with Crippen molar-refractivity contribution in [2.45, 2.75) is 29.2 Å². The van der Waals surface area contributed by atoms with Crippen molar-refractivity contribution in [1.29, 1.82) is 0 Å². The zero-order valence-corrected chi connectivity index (χ0v) is 13.0. The fourth-order valence-corrected chi connectivity index (χ4v) is 3.47. The summed E-state index contributed by atoms with van der Waals surface area (Å²) in [6, 6.07) is 9.58. The topological polar surface area (TPSA) is 50.2 Å². The lowest BCUT2D eigenvalue weighted by Crippen LogP contribution is -2.04. The van der Waals surface area contributed by atoms with Gasteiger partial charge in [0.15, 0.2) is 0 Å². The first kappa shape index (κ1) is 13.6. The van der Waals surface area contributed by atoms with Gasteiger partial charge in [0.2, 0.25) is 0 Å². The Labute approximate surface area is 129 Å². The quantitative estimate of drug-likeness (QED) is 0.902. The van der Waals surface area contributed by atoms with Crippen LogP contribution in [0.25, 0.3) is 0 Å². The summed E-state index contributed by atoms with van der Waals surface area (Å²) in [5.74, 6) is -0.910. The number of hydrogen-bond acceptors (Lipinski definition) is 3. The highest BCUT2D eigenvalue weighted by atomic mass is 79.9. The lowest BCUT2D eigenvalue weighted by molar-refractivity contribution is 0.0692. The number of carboxylic acids is 1. The maximum atomic E-state index is 11.4. The summed E-state index contributed by atoms with van der Waals surface area (Å²) in [6.45, 7) is 0. The van der Waals surface area contributed by atoms with Crippen LogP contribution in [-0.4, -0.2) is 16.1 Å². The molecule has 1 aliphatic rings. The number of fused-ring (bicyclic) bond motifs is 1. The molecule has 0 saturated carbocycles. The molecular formula is C15H12BrNO2S. The Balaban J connectivity index is 1.99. The number of aromatic carboxylic acids is 1. The molecule has 1 heterocycles. The molecule has 1 N–H and O–H groups in total. The van der Waals surface area contributed by atoms with Crippen LogP contribution in [0, 0.1) is 0 Å². The van der Waals surface area contributed by atoms with E-state index in [1.54, 1.807) is 6.07 Å². The number of carbonyl (C=O) groups is 1. The van der Waals surface area contributed by atoms with E-state index in [-0.39, 0.29) is 0 Å². The summed E-state index contributed by atoms with van der Waals surface area (Å²) >= 11 is 4.79. The van der Waals surface area contributed by atoms with Gasteiger partial charge in [0.25, 0.3) is 0 Å². The van der Waals surface area contributed by atoms with Crippen molar-refractivity contribution in [3.8, 4) is 0 Å². The highest BCUT2D eigenvalue weighted by Crippen LogP contribution is 2.33. The molecule has 0 atom stereocenters. The van der Waals surface area contributed by atoms with Crippen molar-refractivity contribution in [2.24, 2.45) is 0 Å². The van der Waals surface area contributed by atoms with Gasteiger partial charge >= 0.3 is 5.97 Å². The summed E-state index contributed by atoms with van der Waals surface area (Å²) in [4.78, 5) is 17.0. The summed E-state index contributed by atoms with van der Waals surface area (Å²) in [6.07, 6.45) is 2.95. The van der Waals surface area contributed by atoms with E-state index in [1.807, 2.05) is 24.3 Å². The van der Waals surface area contributed by atoms with Gasteiger partial charge in [0, 0.05) is 15.1 Å². The Bertz CT molecular complexity index is 670. The third-order valence-corrected chi connectivity index (χ3v) is 4.82. The van der Waals surface area contributed by atoms with Crippen LogP contribution in [0.3, 0.4) is 0 Å². The van der Waals surface area contributed by atoms with Crippen molar-refractivity contribution in [2.75, 3.05) is 0 Å². The average Bonchev–Trinajstić information content (AvgIpc) is 2.87. The molecule has 0 aliphatic heterocycles. The second kappa shape index (κ2) is 5.58. The Morgan fingerprint density at radius 3 is 2.70 bits per heavy atom. The van der Waals surface area contributed by atoms with Crippen LogP contribution in [0.5, 0.6) is 0 Å². The minimum absolute atomic E-state index is 0.304. The monoisotopic (exact) mass is 349 g/mol. The van der Waals surface area contributed by atoms with Crippen LogP contribution < -0.4 is 0 Å². The first-order valence-corrected chi connectivity index (χ1v) is 7.94. The van der Waals surface area contributed by atoms with Crippen LogP contribution >= 0.6 is 27.7 Å². The number of aromatic nitrogens is 1. The zero-order chi connectivity index (χ0) is 14.1. The Morgan fingerprint density at radius 1 is 1.25 bits per heavy atom. The van der Waals surface area contributed by atoms with Gasteiger partial charge < -0.3 is 5.11 Å². The molecule has 3 rings (SSSR count). The van der Waals surface area contributed by atoms with Crippen molar-refractivity contribution in [3.05, 3.63) is 51.6 Å². The van der Waals surface area contributed by atoms with Gasteiger partial charge in [0.05, 0.1) is 5.56 Å². The normalized spacial score (nSPS) is 13.2. The first-order chi connectivity index (χ1) is 9.63. The van der Waals surface area contributed by atoms with Crippen LogP contribution in [0.1, 0.15) is 28.0 Å². The second-order valence-electron chi connectivity index (χ2n) is 4.66. The second-order valence-corrected chi connectivity index (χ2v) is 6.64. The van der Waals surface area contributed by atoms with Gasteiger partial charge in [0.1, 0.15) is 5.03 Å². The van der Waals surface area contributed by atoms with Crippen molar-refractivity contribution in [3.63, 3.8) is 0 Å². The average molecular weight is 350 g/mol. The summed E-state index contributed by atoms with van der Waals surface area (Å²) < 4.78 is 1.00. The number of hydrogen-bond donors (Lipinski definition) is 1. The molecule has 0 fully saturated rings. The lowest BCUT2D eigenvalue weighted by atomic mass is 10.1. The fourth-order valence-electron chi connectivity index (χ4n) is 2.30. The van der Waals surface area contributed by atoms with Gasteiger partial charge in [-0.1, -0.05) is 27.7 Å². The van der Waals surface area contributed by atoms with Crippen LogP contribution in [0.15, 0.2) is 44.7 Å². The number of benzene rings is 1. The molecule has 1 aromatic carbocycles. The van der Waals surface area contributed by atoms with Crippen molar-refractivity contribution < 1.29 is 9.90 Å². The van der Waals surface area contributed by atoms with E-state index in [9.17, 15) is 9.90 Å². The minimum atomic E-state index is -0.910. The van der Waals surface area contributed by atoms with E-state index in [0.29, 0.717) is 10.6 Å². The van der Waals surface area contributed by atoms with Gasteiger partial charge in [-0.15, -0.1) is 0 Å². The Morgan fingerprint density at radius 2 is 2.00 bits per heavy atom. The predicted octanol–water partition coefficient (Wildman–Crippen LogP) is 4.18. The Hall–Kier alpha value is -1.33. The third-order valence-electron chi connectivity index (χ3n) is 3.27. The van der Waals surface area contributed by atoms with E-state index in [0.717, 1.165) is 39.9 Å². The van der Waals surface area contributed by atoms with E-state index in [2.05, 4.69) is 20.9 Å². The fraction of sp³-hybridized carbons (Fsp3) is 0.200.